The molecule has 0 aliphatic heterocycles. The van der Waals surface area contributed by atoms with Crippen LogP contribution in [-0.2, 0) is 4.79 Å². The van der Waals surface area contributed by atoms with Crippen molar-refractivity contribution in [2.45, 2.75) is 13.8 Å². The molecular formula is C21H20O7. The number of ether oxygens (including phenoxy) is 4. The Hall–Kier alpha value is -3.48. The van der Waals surface area contributed by atoms with E-state index in [9.17, 15) is 9.59 Å². The van der Waals surface area contributed by atoms with Crippen molar-refractivity contribution < 1.29 is 28.2 Å². The zero-order chi connectivity index (χ0) is 20.3. The minimum atomic E-state index is -0.526. The van der Waals surface area contributed by atoms with E-state index in [1.807, 2.05) is 0 Å². The standard InChI is InChI=1S/C21H20O7/c1-5-26-21-19(23)15-10-18(27-12(2)22)17(25-4)11-16(15)28-20(21)13-6-8-14(24-3)9-7-13/h6-11H,5H2,1-4H3. The average molecular weight is 384 g/mol. The lowest BCUT2D eigenvalue weighted by atomic mass is 10.1. The van der Waals surface area contributed by atoms with E-state index in [4.69, 9.17) is 23.4 Å². The van der Waals surface area contributed by atoms with Gasteiger partial charge in [0.25, 0.3) is 0 Å². The van der Waals surface area contributed by atoms with Crippen molar-refractivity contribution in [3.63, 3.8) is 0 Å². The van der Waals surface area contributed by atoms with Crippen molar-refractivity contribution >= 4 is 16.9 Å². The molecule has 0 spiro atoms. The van der Waals surface area contributed by atoms with Crippen molar-refractivity contribution in [3.05, 3.63) is 46.6 Å². The fraction of sp³-hybridized carbons (Fsp3) is 0.238. The van der Waals surface area contributed by atoms with Crippen LogP contribution in [0.15, 0.2) is 45.6 Å². The average Bonchev–Trinajstić information content (AvgIpc) is 2.69. The van der Waals surface area contributed by atoms with E-state index in [2.05, 4.69) is 0 Å². The summed E-state index contributed by atoms with van der Waals surface area (Å²) in [6.07, 6.45) is 0. The Kier molecular flexibility index (Phi) is 5.54. The summed E-state index contributed by atoms with van der Waals surface area (Å²) < 4.78 is 27.2. The number of benzene rings is 2. The Morgan fingerprint density at radius 3 is 2.32 bits per heavy atom. The Labute approximate surface area is 161 Å². The molecular weight excluding hydrogens is 364 g/mol. The van der Waals surface area contributed by atoms with E-state index in [0.29, 0.717) is 17.1 Å². The summed E-state index contributed by atoms with van der Waals surface area (Å²) in [5.41, 5.74) is 0.572. The smallest absolute Gasteiger partial charge is 0.308 e. The van der Waals surface area contributed by atoms with Crippen LogP contribution in [0, 0.1) is 0 Å². The van der Waals surface area contributed by atoms with Crippen LogP contribution in [0.5, 0.6) is 23.0 Å². The molecule has 0 amide bonds. The monoisotopic (exact) mass is 384 g/mol. The zero-order valence-corrected chi connectivity index (χ0v) is 16.0. The molecule has 1 aromatic heterocycles. The van der Waals surface area contributed by atoms with Gasteiger partial charge in [-0.1, -0.05) is 0 Å². The second kappa shape index (κ2) is 8.04. The number of fused-ring (bicyclic) bond motifs is 1. The number of rotatable bonds is 6. The van der Waals surface area contributed by atoms with Crippen LogP contribution in [0.4, 0.5) is 0 Å². The molecule has 0 unspecified atom stereocenters. The second-order valence-electron chi connectivity index (χ2n) is 5.84. The highest BCUT2D eigenvalue weighted by atomic mass is 16.6. The number of methoxy groups -OCH3 is 2. The molecule has 0 aliphatic rings. The van der Waals surface area contributed by atoms with Crippen LogP contribution in [0.3, 0.4) is 0 Å². The summed E-state index contributed by atoms with van der Waals surface area (Å²) in [5.74, 6) is 0.938. The SMILES string of the molecule is CCOc1c(-c2ccc(OC)cc2)oc2cc(OC)c(OC(C)=O)cc2c1=O. The molecule has 0 saturated heterocycles. The molecule has 146 valence electrons. The van der Waals surface area contributed by atoms with E-state index in [-0.39, 0.29) is 40.3 Å². The molecule has 7 heteroatoms. The van der Waals surface area contributed by atoms with Gasteiger partial charge in [-0.25, -0.2) is 0 Å². The van der Waals surface area contributed by atoms with Crippen LogP contribution < -0.4 is 24.4 Å². The maximum absolute atomic E-state index is 13.1. The van der Waals surface area contributed by atoms with Crippen LogP contribution in [0.1, 0.15) is 13.8 Å². The topological polar surface area (TPSA) is 84.2 Å². The molecule has 0 atom stereocenters. The maximum Gasteiger partial charge on any atom is 0.308 e. The van der Waals surface area contributed by atoms with Gasteiger partial charge < -0.3 is 23.4 Å². The highest BCUT2D eigenvalue weighted by Crippen LogP contribution is 2.36. The highest BCUT2D eigenvalue weighted by molar-refractivity contribution is 5.86. The summed E-state index contributed by atoms with van der Waals surface area (Å²) >= 11 is 0. The Morgan fingerprint density at radius 2 is 1.75 bits per heavy atom. The second-order valence-corrected chi connectivity index (χ2v) is 5.84. The molecule has 2 aromatic carbocycles. The van der Waals surface area contributed by atoms with Crippen molar-refractivity contribution in [2.24, 2.45) is 0 Å². The van der Waals surface area contributed by atoms with Gasteiger partial charge >= 0.3 is 5.97 Å². The molecule has 0 saturated carbocycles. The molecule has 0 aliphatic carbocycles. The zero-order valence-electron chi connectivity index (χ0n) is 16.0. The van der Waals surface area contributed by atoms with Gasteiger partial charge in [0.05, 0.1) is 26.2 Å². The Balaban J connectivity index is 2.27. The van der Waals surface area contributed by atoms with E-state index < -0.39 is 5.97 Å². The summed E-state index contributed by atoms with van der Waals surface area (Å²) in [5, 5.41) is 0.220. The molecule has 0 radical (unpaired) electrons. The van der Waals surface area contributed by atoms with Crippen LogP contribution >= 0.6 is 0 Å². The molecule has 0 bridgehead atoms. The fourth-order valence-corrected chi connectivity index (χ4v) is 2.79. The van der Waals surface area contributed by atoms with E-state index in [1.165, 1.54) is 26.2 Å². The number of carbonyl (C=O) groups excluding carboxylic acids is 1. The molecule has 3 aromatic rings. The van der Waals surface area contributed by atoms with Gasteiger partial charge in [0.2, 0.25) is 11.2 Å². The largest absolute Gasteiger partial charge is 0.497 e. The van der Waals surface area contributed by atoms with Gasteiger partial charge in [-0.2, -0.15) is 0 Å². The summed E-state index contributed by atoms with van der Waals surface area (Å²) in [4.78, 5) is 24.4. The van der Waals surface area contributed by atoms with Gasteiger partial charge in [-0.3, -0.25) is 9.59 Å². The molecule has 1 heterocycles. The third-order valence-electron chi connectivity index (χ3n) is 4.03. The minimum Gasteiger partial charge on any atom is -0.497 e. The molecule has 28 heavy (non-hydrogen) atoms. The number of hydrogen-bond donors (Lipinski definition) is 0. The van der Waals surface area contributed by atoms with Gasteiger partial charge in [0, 0.05) is 18.6 Å². The molecule has 3 rings (SSSR count). The first-order valence-electron chi connectivity index (χ1n) is 8.63. The number of esters is 1. The predicted molar refractivity (Wildman–Crippen MR) is 104 cm³/mol. The lowest BCUT2D eigenvalue weighted by Gasteiger charge is -2.13. The minimum absolute atomic E-state index is 0.0825. The van der Waals surface area contributed by atoms with E-state index in [1.54, 1.807) is 38.3 Å². The van der Waals surface area contributed by atoms with Gasteiger partial charge in [0.1, 0.15) is 11.3 Å². The van der Waals surface area contributed by atoms with E-state index in [0.717, 1.165) is 0 Å². The Morgan fingerprint density at radius 1 is 1.04 bits per heavy atom. The normalized spacial score (nSPS) is 10.6. The maximum atomic E-state index is 13.1. The predicted octanol–water partition coefficient (Wildman–Crippen LogP) is 3.80. The van der Waals surface area contributed by atoms with Crippen molar-refractivity contribution in [1.29, 1.82) is 0 Å². The summed E-state index contributed by atoms with van der Waals surface area (Å²) in [6.45, 7) is 3.33. The quantitative estimate of drug-likeness (QED) is 0.472. The van der Waals surface area contributed by atoms with Gasteiger partial charge in [-0.05, 0) is 37.3 Å². The molecule has 0 fully saturated rings. The first kappa shape index (κ1) is 19.3. The first-order chi connectivity index (χ1) is 13.5. The van der Waals surface area contributed by atoms with Crippen molar-refractivity contribution in [3.8, 4) is 34.3 Å². The summed E-state index contributed by atoms with van der Waals surface area (Å²) in [6, 6.07) is 10.0. The lowest BCUT2D eigenvalue weighted by molar-refractivity contribution is -0.132. The number of hydrogen-bond acceptors (Lipinski definition) is 7. The van der Waals surface area contributed by atoms with Crippen molar-refractivity contribution in [1.82, 2.24) is 0 Å². The number of carbonyl (C=O) groups is 1. The van der Waals surface area contributed by atoms with Crippen LogP contribution in [0.2, 0.25) is 0 Å². The first-order valence-corrected chi connectivity index (χ1v) is 8.63. The van der Waals surface area contributed by atoms with E-state index >= 15 is 0 Å². The third-order valence-corrected chi connectivity index (χ3v) is 4.03. The van der Waals surface area contributed by atoms with Gasteiger partial charge in [-0.15, -0.1) is 0 Å². The Bertz CT molecular complexity index is 1060. The van der Waals surface area contributed by atoms with Crippen molar-refractivity contribution in [2.75, 3.05) is 20.8 Å². The third kappa shape index (κ3) is 3.64. The highest BCUT2D eigenvalue weighted by Gasteiger charge is 2.20. The lowest BCUT2D eigenvalue weighted by Crippen LogP contribution is -2.11. The summed E-state index contributed by atoms with van der Waals surface area (Å²) in [7, 11) is 3.01. The fourth-order valence-electron chi connectivity index (χ4n) is 2.79. The van der Waals surface area contributed by atoms with Crippen LogP contribution in [-0.4, -0.2) is 26.8 Å². The van der Waals surface area contributed by atoms with Gasteiger partial charge in [0.15, 0.2) is 17.3 Å². The molecule has 0 N–H and O–H groups in total. The van der Waals surface area contributed by atoms with Crippen LogP contribution in [0.25, 0.3) is 22.3 Å². The molecule has 7 nitrogen and oxygen atoms in total.